The second kappa shape index (κ2) is 6.54. The molecule has 2 heterocycles. The van der Waals surface area contributed by atoms with Crippen molar-refractivity contribution in [3.05, 3.63) is 65.2 Å². The van der Waals surface area contributed by atoms with Gasteiger partial charge in [-0.25, -0.2) is 0 Å². The molecule has 0 bridgehead atoms. The molecule has 0 spiro atoms. The van der Waals surface area contributed by atoms with Gasteiger partial charge in [0.15, 0.2) is 5.82 Å². The van der Waals surface area contributed by atoms with Gasteiger partial charge in [0.25, 0.3) is 5.91 Å². The van der Waals surface area contributed by atoms with Gasteiger partial charge in [-0.3, -0.25) is 9.78 Å². The van der Waals surface area contributed by atoms with E-state index < -0.39 is 0 Å². The van der Waals surface area contributed by atoms with E-state index in [1.54, 1.807) is 25.3 Å². The Balaban J connectivity index is 1.78. The van der Waals surface area contributed by atoms with Crippen molar-refractivity contribution in [1.29, 1.82) is 0 Å². The van der Waals surface area contributed by atoms with Crippen molar-refractivity contribution in [2.45, 2.75) is 20.8 Å². The summed E-state index contributed by atoms with van der Waals surface area (Å²) in [5.41, 5.74) is 4.46. The fourth-order valence-corrected chi connectivity index (χ4v) is 2.28. The van der Waals surface area contributed by atoms with Gasteiger partial charge in [0, 0.05) is 23.6 Å². The number of nitrogens with one attached hydrogen (secondary N) is 2. The number of hydrogen-bond donors (Lipinski definition) is 2. The first kappa shape index (κ1) is 15.7. The van der Waals surface area contributed by atoms with E-state index in [0.29, 0.717) is 17.3 Å². The van der Waals surface area contributed by atoms with Crippen LogP contribution >= 0.6 is 0 Å². The Kier molecular flexibility index (Phi) is 4.29. The van der Waals surface area contributed by atoms with Crippen molar-refractivity contribution < 1.29 is 9.32 Å². The number of aryl methyl sites for hydroxylation is 2. The summed E-state index contributed by atoms with van der Waals surface area (Å²) >= 11 is 0. The highest BCUT2D eigenvalue weighted by molar-refractivity contribution is 6.02. The molecule has 1 aromatic carbocycles. The molecule has 0 radical (unpaired) electrons. The normalized spacial score (nSPS) is 10.5. The van der Waals surface area contributed by atoms with Crippen molar-refractivity contribution in [1.82, 2.24) is 10.1 Å². The highest BCUT2D eigenvalue weighted by Gasteiger charge is 2.11. The zero-order chi connectivity index (χ0) is 17.1. The maximum Gasteiger partial charge on any atom is 0.275 e. The third-order valence-electron chi connectivity index (χ3n) is 3.75. The molecule has 0 aliphatic heterocycles. The van der Waals surface area contributed by atoms with Crippen LogP contribution in [0.25, 0.3) is 0 Å². The van der Waals surface area contributed by atoms with E-state index in [2.05, 4.69) is 40.7 Å². The van der Waals surface area contributed by atoms with Gasteiger partial charge in [-0.2, -0.15) is 0 Å². The Labute approximate surface area is 139 Å². The van der Waals surface area contributed by atoms with Crippen LogP contribution in [0.5, 0.6) is 0 Å². The lowest BCUT2D eigenvalue weighted by Crippen LogP contribution is -2.14. The summed E-state index contributed by atoms with van der Waals surface area (Å²) in [5, 5.41) is 9.72. The van der Waals surface area contributed by atoms with Crippen LogP contribution < -0.4 is 10.6 Å². The van der Waals surface area contributed by atoms with Crippen molar-refractivity contribution in [2.75, 3.05) is 10.6 Å². The minimum Gasteiger partial charge on any atom is -0.360 e. The number of anilines is 3. The molecule has 0 saturated heterocycles. The molecule has 3 aromatic rings. The highest BCUT2D eigenvalue weighted by atomic mass is 16.5. The van der Waals surface area contributed by atoms with Crippen molar-refractivity contribution in [3.63, 3.8) is 0 Å². The lowest BCUT2D eigenvalue weighted by molar-refractivity contribution is 0.102. The molecule has 2 N–H and O–H groups in total. The quantitative estimate of drug-likeness (QED) is 0.759. The maximum absolute atomic E-state index is 12.3. The summed E-state index contributed by atoms with van der Waals surface area (Å²) in [6, 6.07) is 11.2. The van der Waals surface area contributed by atoms with Gasteiger partial charge in [-0.05, 0) is 50.1 Å². The van der Waals surface area contributed by atoms with E-state index in [0.717, 1.165) is 11.4 Å². The first-order chi connectivity index (χ1) is 11.5. The summed E-state index contributed by atoms with van der Waals surface area (Å²) in [6.07, 6.45) is 1.59. The second-order valence-electron chi connectivity index (χ2n) is 5.58. The second-order valence-corrected chi connectivity index (χ2v) is 5.58. The first-order valence-electron chi connectivity index (χ1n) is 7.57. The van der Waals surface area contributed by atoms with Crippen LogP contribution in [0.4, 0.5) is 17.2 Å². The van der Waals surface area contributed by atoms with Gasteiger partial charge < -0.3 is 15.2 Å². The summed E-state index contributed by atoms with van der Waals surface area (Å²) in [4.78, 5) is 16.4. The predicted molar refractivity (Wildman–Crippen MR) is 92.6 cm³/mol. The number of nitrogens with zero attached hydrogens (tertiary/aromatic N) is 2. The Morgan fingerprint density at radius 3 is 2.71 bits per heavy atom. The molecule has 122 valence electrons. The van der Waals surface area contributed by atoms with Crippen LogP contribution in [0.1, 0.15) is 27.4 Å². The molecule has 6 heteroatoms. The van der Waals surface area contributed by atoms with Crippen molar-refractivity contribution in [3.8, 4) is 0 Å². The maximum atomic E-state index is 12.3. The van der Waals surface area contributed by atoms with Crippen LogP contribution in [0.2, 0.25) is 0 Å². The molecule has 24 heavy (non-hydrogen) atoms. The number of rotatable bonds is 4. The number of benzene rings is 1. The smallest absolute Gasteiger partial charge is 0.275 e. The number of amides is 1. The van der Waals surface area contributed by atoms with Crippen LogP contribution in [0, 0.1) is 20.8 Å². The summed E-state index contributed by atoms with van der Waals surface area (Å²) in [7, 11) is 0. The topological polar surface area (TPSA) is 80.0 Å². The zero-order valence-electron chi connectivity index (χ0n) is 13.8. The number of hydrogen-bond acceptors (Lipinski definition) is 5. The molecule has 0 aliphatic carbocycles. The summed E-state index contributed by atoms with van der Waals surface area (Å²) < 4.78 is 4.93. The van der Waals surface area contributed by atoms with E-state index in [4.69, 9.17) is 4.52 Å². The summed E-state index contributed by atoms with van der Waals surface area (Å²) in [5.74, 6) is 0.656. The van der Waals surface area contributed by atoms with Gasteiger partial charge >= 0.3 is 0 Å². The number of carbonyl (C=O) groups is 1. The first-order valence-corrected chi connectivity index (χ1v) is 7.57. The minimum absolute atomic E-state index is 0.297. The Morgan fingerprint density at radius 1 is 1.12 bits per heavy atom. The molecule has 0 aliphatic rings. The molecular formula is C18H18N4O2. The van der Waals surface area contributed by atoms with E-state index in [9.17, 15) is 4.79 Å². The van der Waals surface area contributed by atoms with E-state index in [1.807, 2.05) is 18.2 Å². The third kappa shape index (κ3) is 3.43. The average molecular weight is 322 g/mol. The minimum atomic E-state index is -0.340. The average Bonchev–Trinajstić information content (AvgIpc) is 2.97. The number of carbonyl (C=O) groups excluding carboxylic acids is 1. The number of pyridine rings is 1. The largest absolute Gasteiger partial charge is 0.360 e. The van der Waals surface area contributed by atoms with Crippen LogP contribution in [0.15, 0.2) is 47.1 Å². The van der Waals surface area contributed by atoms with Crippen LogP contribution in [0.3, 0.4) is 0 Å². The van der Waals surface area contributed by atoms with Gasteiger partial charge in [0.1, 0.15) is 11.5 Å². The van der Waals surface area contributed by atoms with Crippen LogP contribution in [-0.2, 0) is 0 Å². The highest BCUT2D eigenvalue weighted by Crippen LogP contribution is 2.23. The lowest BCUT2D eigenvalue weighted by atomic mass is 10.1. The summed E-state index contributed by atoms with van der Waals surface area (Å²) in [6.45, 7) is 5.88. The number of aromatic nitrogens is 2. The molecule has 0 fully saturated rings. The van der Waals surface area contributed by atoms with Gasteiger partial charge in [-0.15, -0.1) is 0 Å². The van der Waals surface area contributed by atoms with E-state index >= 15 is 0 Å². The molecule has 1 amide bonds. The molecule has 3 rings (SSSR count). The fraction of sp³-hybridized carbons (Fsp3) is 0.167. The lowest BCUT2D eigenvalue weighted by Gasteiger charge is -2.12. The van der Waals surface area contributed by atoms with Crippen molar-refractivity contribution in [2.24, 2.45) is 0 Å². The molecular weight excluding hydrogens is 304 g/mol. The Hall–Kier alpha value is -3.15. The predicted octanol–water partition coefficient (Wildman–Crippen LogP) is 3.99. The molecule has 0 saturated carbocycles. The van der Waals surface area contributed by atoms with Crippen molar-refractivity contribution >= 4 is 23.1 Å². The monoisotopic (exact) mass is 322 g/mol. The van der Waals surface area contributed by atoms with Gasteiger partial charge in [0.2, 0.25) is 0 Å². The van der Waals surface area contributed by atoms with Gasteiger partial charge in [0.05, 0.1) is 0 Å². The molecule has 0 unspecified atom stereocenters. The SMILES string of the molecule is Cc1cc(NC(=O)c2cc(Nc3cccc(C)c3C)ccn2)no1. The van der Waals surface area contributed by atoms with Crippen LogP contribution in [-0.4, -0.2) is 16.0 Å². The third-order valence-corrected chi connectivity index (χ3v) is 3.75. The van der Waals surface area contributed by atoms with E-state index in [-0.39, 0.29) is 5.91 Å². The molecule has 6 nitrogen and oxygen atoms in total. The van der Waals surface area contributed by atoms with E-state index in [1.165, 1.54) is 11.1 Å². The Bertz CT molecular complexity index is 886. The standard InChI is InChI=1S/C18H18N4O2/c1-11-5-4-6-15(13(11)3)20-14-7-8-19-16(10-14)18(23)21-17-9-12(2)24-22-17/h4-10H,1-3H3,(H,19,20)(H,21,22,23). The Morgan fingerprint density at radius 2 is 1.96 bits per heavy atom. The molecule has 0 atom stereocenters. The zero-order valence-corrected chi connectivity index (χ0v) is 13.8. The van der Waals surface area contributed by atoms with Gasteiger partial charge in [-0.1, -0.05) is 17.3 Å². The fourth-order valence-electron chi connectivity index (χ4n) is 2.28. The molecule has 2 aromatic heterocycles.